The largest absolute Gasteiger partial charge is 0.454 e. The van der Waals surface area contributed by atoms with E-state index in [0.717, 1.165) is 28.1 Å². The van der Waals surface area contributed by atoms with Crippen LogP contribution in [0.4, 0.5) is 5.82 Å². The molecule has 0 amide bonds. The van der Waals surface area contributed by atoms with Crippen molar-refractivity contribution in [3.8, 4) is 11.5 Å². The Morgan fingerprint density at radius 3 is 2.80 bits per heavy atom. The molecule has 0 fully saturated rings. The van der Waals surface area contributed by atoms with Crippen LogP contribution in [0, 0.1) is 0 Å². The molecular formula is C15H18N2O3. The maximum Gasteiger partial charge on any atom is 0.231 e. The zero-order chi connectivity index (χ0) is 14.2. The van der Waals surface area contributed by atoms with Gasteiger partial charge in [0.25, 0.3) is 0 Å². The SMILES string of the molecule is COC(C)(C)CNc1nccc2cc3c(cc12)OCO3. The fourth-order valence-corrected chi connectivity index (χ4v) is 2.07. The van der Waals surface area contributed by atoms with Crippen LogP contribution in [0.2, 0.25) is 0 Å². The average Bonchev–Trinajstić information content (AvgIpc) is 2.90. The fraction of sp³-hybridized carbons (Fsp3) is 0.400. The molecule has 0 atom stereocenters. The first-order valence-electron chi connectivity index (χ1n) is 6.56. The molecule has 0 saturated carbocycles. The van der Waals surface area contributed by atoms with E-state index in [4.69, 9.17) is 14.2 Å². The number of anilines is 1. The number of methoxy groups -OCH3 is 1. The number of benzene rings is 1. The summed E-state index contributed by atoms with van der Waals surface area (Å²) in [5.41, 5.74) is -0.250. The number of ether oxygens (including phenoxy) is 3. The predicted octanol–water partition coefficient (Wildman–Crippen LogP) is 2.80. The number of aromatic nitrogens is 1. The Hall–Kier alpha value is -2.01. The van der Waals surface area contributed by atoms with E-state index in [9.17, 15) is 0 Å². The third-order valence-electron chi connectivity index (χ3n) is 3.49. The molecule has 0 aliphatic carbocycles. The lowest BCUT2D eigenvalue weighted by Crippen LogP contribution is -2.32. The number of nitrogens with zero attached hydrogens (tertiary/aromatic N) is 1. The summed E-state index contributed by atoms with van der Waals surface area (Å²) in [5, 5.41) is 5.43. The Balaban J connectivity index is 1.95. The van der Waals surface area contributed by atoms with Crippen LogP contribution in [-0.4, -0.2) is 31.0 Å². The number of hydrogen-bond donors (Lipinski definition) is 1. The third kappa shape index (κ3) is 2.36. The van der Waals surface area contributed by atoms with Gasteiger partial charge < -0.3 is 19.5 Å². The van der Waals surface area contributed by atoms with Gasteiger partial charge in [-0.05, 0) is 37.4 Å². The van der Waals surface area contributed by atoms with Crippen molar-refractivity contribution in [1.82, 2.24) is 4.98 Å². The number of hydrogen-bond acceptors (Lipinski definition) is 5. The van der Waals surface area contributed by atoms with E-state index >= 15 is 0 Å². The van der Waals surface area contributed by atoms with Crippen molar-refractivity contribution in [3.63, 3.8) is 0 Å². The monoisotopic (exact) mass is 274 g/mol. The van der Waals surface area contributed by atoms with Gasteiger partial charge in [-0.3, -0.25) is 0 Å². The molecule has 5 nitrogen and oxygen atoms in total. The maximum absolute atomic E-state index is 5.43. The second-order valence-corrected chi connectivity index (χ2v) is 5.40. The van der Waals surface area contributed by atoms with Crippen molar-refractivity contribution in [2.24, 2.45) is 0 Å². The summed E-state index contributed by atoms with van der Waals surface area (Å²) in [6, 6.07) is 5.91. The van der Waals surface area contributed by atoms with Crippen LogP contribution in [0.1, 0.15) is 13.8 Å². The minimum atomic E-state index is -0.250. The van der Waals surface area contributed by atoms with Crippen LogP contribution >= 0.6 is 0 Å². The quantitative estimate of drug-likeness (QED) is 0.929. The molecular weight excluding hydrogens is 256 g/mol. The maximum atomic E-state index is 5.43. The van der Waals surface area contributed by atoms with Crippen molar-refractivity contribution < 1.29 is 14.2 Å². The number of pyridine rings is 1. The molecule has 0 bridgehead atoms. The van der Waals surface area contributed by atoms with E-state index in [1.54, 1.807) is 13.3 Å². The molecule has 20 heavy (non-hydrogen) atoms. The summed E-state index contributed by atoms with van der Waals surface area (Å²) in [4.78, 5) is 4.41. The molecule has 1 aliphatic rings. The molecule has 1 aromatic heterocycles. The van der Waals surface area contributed by atoms with Gasteiger partial charge in [-0.25, -0.2) is 4.98 Å². The lowest BCUT2D eigenvalue weighted by molar-refractivity contribution is 0.0343. The Labute approximate surface area is 117 Å². The van der Waals surface area contributed by atoms with Crippen LogP contribution in [0.5, 0.6) is 11.5 Å². The normalized spacial score (nSPS) is 13.8. The minimum absolute atomic E-state index is 0.250. The van der Waals surface area contributed by atoms with Crippen molar-refractivity contribution in [2.45, 2.75) is 19.4 Å². The molecule has 2 aromatic rings. The van der Waals surface area contributed by atoms with Gasteiger partial charge in [-0.1, -0.05) is 0 Å². The lowest BCUT2D eigenvalue weighted by atomic mass is 10.1. The van der Waals surface area contributed by atoms with Crippen LogP contribution < -0.4 is 14.8 Å². The average molecular weight is 274 g/mol. The summed E-state index contributed by atoms with van der Waals surface area (Å²) in [6.07, 6.45) is 1.78. The molecule has 0 saturated heterocycles. The first-order chi connectivity index (χ1) is 9.59. The third-order valence-corrected chi connectivity index (χ3v) is 3.49. The van der Waals surface area contributed by atoms with Crippen molar-refractivity contribution >= 4 is 16.6 Å². The van der Waals surface area contributed by atoms with Gasteiger partial charge >= 0.3 is 0 Å². The first kappa shape index (κ1) is 13.0. The highest BCUT2D eigenvalue weighted by molar-refractivity contribution is 5.94. The molecule has 1 N–H and O–H groups in total. The first-order valence-corrected chi connectivity index (χ1v) is 6.56. The smallest absolute Gasteiger partial charge is 0.231 e. The second kappa shape index (κ2) is 4.83. The van der Waals surface area contributed by atoms with Crippen molar-refractivity contribution in [1.29, 1.82) is 0 Å². The highest BCUT2D eigenvalue weighted by Gasteiger charge is 2.18. The van der Waals surface area contributed by atoms with Crippen molar-refractivity contribution in [3.05, 3.63) is 24.4 Å². The van der Waals surface area contributed by atoms with Crippen LogP contribution in [-0.2, 0) is 4.74 Å². The number of fused-ring (bicyclic) bond motifs is 2. The highest BCUT2D eigenvalue weighted by atomic mass is 16.7. The van der Waals surface area contributed by atoms with Gasteiger partial charge in [-0.15, -0.1) is 0 Å². The topological polar surface area (TPSA) is 52.6 Å². The van der Waals surface area contributed by atoms with Gasteiger partial charge in [0.15, 0.2) is 11.5 Å². The molecule has 2 heterocycles. The molecule has 0 unspecified atom stereocenters. The number of rotatable bonds is 4. The summed E-state index contributed by atoms with van der Waals surface area (Å²) < 4.78 is 16.2. The number of nitrogens with one attached hydrogen (secondary N) is 1. The predicted molar refractivity (Wildman–Crippen MR) is 77.4 cm³/mol. The second-order valence-electron chi connectivity index (χ2n) is 5.40. The molecule has 0 radical (unpaired) electrons. The Morgan fingerprint density at radius 1 is 1.30 bits per heavy atom. The summed E-state index contributed by atoms with van der Waals surface area (Å²) in [7, 11) is 1.70. The molecule has 1 aliphatic heterocycles. The molecule has 106 valence electrons. The van der Waals surface area contributed by atoms with E-state index < -0.39 is 0 Å². The summed E-state index contributed by atoms with van der Waals surface area (Å²) in [6.45, 7) is 5.00. The van der Waals surface area contributed by atoms with Crippen LogP contribution in [0.25, 0.3) is 10.8 Å². The Bertz CT molecular complexity index is 640. The van der Waals surface area contributed by atoms with E-state index in [2.05, 4.69) is 10.3 Å². The van der Waals surface area contributed by atoms with Gasteiger partial charge in [-0.2, -0.15) is 0 Å². The van der Waals surface area contributed by atoms with Crippen LogP contribution in [0.3, 0.4) is 0 Å². The van der Waals surface area contributed by atoms with E-state index in [-0.39, 0.29) is 12.4 Å². The standard InChI is InChI=1S/C15H18N2O3/c1-15(2,18-3)8-17-14-11-7-13-12(19-9-20-13)6-10(11)4-5-16-14/h4-7H,8-9H2,1-3H3,(H,16,17). The molecule has 0 spiro atoms. The van der Waals surface area contributed by atoms with E-state index in [1.807, 2.05) is 32.0 Å². The fourth-order valence-electron chi connectivity index (χ4n) is 2.07. The zero-order valence-corrected chi connectivity index (χ0v) is 11.9. The summed E-state index contributed by atoms with van der Waals surface area (Å²) in [5.74, 6) is 2.37. The summed E-state index contributed by atoms with van der Waals surface area (Å²) >= 11 is 0. The Morgan fingerprint density at radius 2 is 2.05 bits per heavy atom. The van der Waals surface area contributed by atoms with E-state index in [1.165, 1.54) is 0 Å². The van der Waals surface area contributed by atoms with E-state index in [0.29, 0.717) is 6.54 Å². The zero-order valence-electron chi connectivity index (χ0n) is 11.9. The van der Waals surface area contributed by atoms with Crippen LogP contribution in [0.15, 0.2) is 24.4 Å². The van der Waals surface area contributed by atoms with Gasteiger partial charge in [0, 0.05) is 25.2 Å². The molecule has 3 rings (SSSR count). The van der Waals surface area contributed by atoms with Gasteiger partial charge in [0.05, 0.1) is 5.60 Å². The van der Waals surface area contributed by atoms with Gasteiger partial charge in [0.1, 0.15) is 5.82 Å². The molecule has 1 aromatic carbocycles. The molecule has 5 heteroatoms. The minimum Gasteiger partial charge on any atom is -0.454 e. The highest BCUT2D eigenvalue weighted by Crippen LogP contribution is 2.37. The van der Waals surface area contributed by atoms with Crippen molar-refractivity contribution in [2.75, 3.05) is 25.8 Å². The Kier molecular flexibility index (Phi) is 3.14. The lowest BCUT2D eigenvalue weighted by Gasteiger charge is -2.23. The van der Waals surface area contributed by atoms with Gasteiger partial charge in [0.2, 0.25) is 6.79 Å².